The third-order valence-electron chi connectivity index (χ3n) is 6.11. The van der Waals surface area contributed by atoms with Crippen LogP contribution in [0, 0.1) is 0 Å². The minimum Gasteiger partial charge on any atom is -0.286 e. The molecule has 1 aliphatic carbocycles. The van der Waals surface area contributed by atoms with Gasteiger partial charge in [-0.2, -0.15) is 0 Å². The van der Waals surface area contributed by atoms with Crippen LogP contribution in [0.4, 0.5) is 0 Å². The van der Waals surface area contributed by atoms with E-state index in [0.717, 1.165) is 0 Å². The second kappa shape index (κ2) is 9.77. The van der Waals surface area contributed by atoms with Crippen molar-refractivity contribution in [2.45, 2.75) is 91.6 Å². The van der Waals surface area contributed by atoms with Gasteiger partial charge in [0.05, 0.1) is 12.1 Å². The van der Waals surface area contributed by atoms with Gasteiger partial charge < -0.3 is 0 Å². The molecule has 0 N–H and O–H groups in total. The van der Waals surface area contributed by atoms with Crippen LogP contribution in [0.1, 0.15) is 55.4 Å². The zero-order valence-electron chi connectivity index (χ0n) is 20.1. The van der Waals surface area contributed by atoms with Crippen molar-refractivity contribution in [1.29, 1.82) is 0 Å². The van der Waals surface area contributed by atoms with Crippen LogP contribution in [0.2, 0.25) is 0 Å². The van der Waals surface area contributed by atoms with E-state index in [0.29, 0.717) is 36.3 Å². The minimum absolute atomic E-state index is 0.508. The Hall–Kier alpha value is -1.47. The minimum atomic E-state index is -0.508. The first-order valence-electron chi connectivity index (χ1n) is 11.6. The van der Waals surface area contributed by atoms with Crippen LogP contribution in [-0.2, 0) is 0 Å². The van der Waals surface area contributed by atoms with E-state index in [4.69, 9.17) is 0 Å². The van der Waals surface area contributed by atoms with Crippen molar-refractivity contribution >= 4 is 23.4 Å². The smallest absolute Gasteiger partial charge is 0.172 e. The molecule has 2 nitrogen and oxygen atoms in total. The molecular formula is C27H40N2P+. The van der Waals surface area contributed by atoms with Crippen molar-refractivity contribution in [3.05, 3.63) is 60.7 Å². The lowest BCUT2D eigenvalue weighted by atomic mass is 10.2. The zero-order valence-corrected chi connectivity index (χ0v) is 21.0. The zero-order chi connectivity index (χ0) is 22.0. The summed E-state index contributed by atoms with van der Waals surface area (Å²) in [4.78, 5) is 5.50. The molecule has 0 saturated heterocycles. The van der Waals surface area contributed by atoms with E-state index in [-0.39, 0.29) is 0 Å². The normalized spacial score (nSPS) is 19.1. The Labute approximate surface area is 185 Å². The Morgan fingerprint density at radius 2 is 0.833 bits per heavy atom. The van der Waals surface area contributed by atoms with Crippen LogP contribution in [0.5, 0.6) is 0 Å². The maximum atomic E-state index is 2.75. The van der Waals surface area contributed by atoms with Gasteiger partial charge in [0.2, 0.25) is 0 Å². The number of hydrogen-bond donors (Lipinski definition) is 0. The van der Waals surface area contributed by atoms with Crippen LogP contribution in [-0.4, -0.2) is 51.3 Å². The quantitative estimate of drug-likeness (QED) is 0.533. The maximum absolute atomic E-state index is 2.75. The first-order chi connectivity index (χ1) is 14.3. The van der Waals surface area contributed by atoms with Crippen molar-refractivity contribution in [2.24, 2.45) is 0 Å². The molecule has 2 unspecified atom stereocenters. The second-order valence-electron chi connectivity index (χ2n) is 9.59. The van der Waals surface area contributed by atoms with Crippen LogP contribution in [0.25, 0.3) is 0 Å². The van der Waals surface area contributed by atoms with Gasteiger partial charge in [-0.15, -0.1) is 0 Å². The summed E-state index contributed by atoms with van der Waals surface area (Å²) in [6.07, 6.45) is 0. The molecule has 1 saturated carbocycles. The fourth-order valence-electron chi connectivity index (χ4n) is 5.20. The average molecular weight is 424 g/mol. The van der Waals surface area contributed by atoms with Gasteiger partial charge in [0.15, 0.2) is 18.2 Å². The SMILES string of the molecule is CC(C)N(C(C)C)C1C(=[P+](c2ccccc2)c2ccccc2)C1N(C(C)C)C(C)C. The molecule has 2 aromatic rings. The summed E-state index contributed by atoms with van der Waals surface area (Å²) in [6.45, 7) is 18.9. The molecule has 0 aromatic heterocycles. The Kier molecular flexibility index (Phi) is 7.56. The molecule has 3 rings (SSSR count). The average Bonchev–Trinajstić information content (AvgIpc) is 3.35. The van der Waals surface area contributed by atoms with Gasteiger partial charge in [0.25, 0.3) is 0 Å². The van der Waals surface area contributed by atoms with E-state index in [1.165, 1.54) is 10.6 Å². The van der Waals surface area contributed by atoms with E-state index in [9.17, 15) is 0 Å². The van der Waals surface area contributed by atoms with Crippen molar-refractivity contribution in [1.82, 2.24) is 9.80 Å². The van der Waals surface area contributed by atoms with Gasteiger partial charge >= 0.3 is 0 Å². The first kappa shape index (κ1) is 23.2. The largest absolute Gasteiger partial charge is 0.286 e. The Morgan fingerprint density at radius 1 is 0.533 bits per heavy atom. The van der Waals surface area contributed by atoms with Gasteiger partial charge in [0.1, 0.15) is 5.29 Å². The summed E-state index contributed by atoms with van der Waals surface area (Å²) >= 11 is 0. The van der Waals surface area contributed by atoms with Gasteiger partial charge in [-0.25, -0.2) is 0 Å². The fraction of sp³-hybridized carbons (Fsp3) is 0.519. The van der Waals surface area contributed by atoms with Crippen molar-refractivity contribution < 1.29 is 0 Å². The lowest BCUT2D eigenvalue weighted by molar-refractivity contribution is 0.108. The third kappa shape index (κ3) is 4.72. The topological polar surface area (TPSA) is 6.48 Å². The number of rotatable bonds is 8. The molecular weight excluding hydrogens is 383 g/mol. The molecule has 0 aliphatic heterocycles. The number of nitrogens with zero attached hydrogens (tertiary/aromatic N) is 2. The molecule has 0 bridgehead atoms. The lowest BCUT2D eigenvalue weighted by Gasteiger charge is -2.34. The summed E-state index contributed by atoms with van der Waals surface area (Å²) < 4.78 is 0. The van der Waals surface area contributed by atoms with Gasteiger partial charge in [-0.3, -0.25) is 9.80 Å². The van der Waals surface area contributed by atoms with Crippen LogP contribution in [0.3, 0.4) is 0 Å². The van der Waals surface area contributed by atoms with Crippen molar-refractivity contribution in [3.63, 3.8) is 0 Å². The lowest BCUT2D eigenvalue weighted by Crippen LogP contribution is -2.46. The Bertz CT molecular complexity index is 754. The molecule has 0 spiro atoms. The fourth-order valence-corrected chi connectivity index (χ4v) is 8.04. The molecule has 0 radical (unpaired) electrons. The van der Waals surface area contributed by atoms with E-state index in [1.807, 2.05) is 0 Å². The third-order valence-corrected chi connectivity index (χ3v) is 8.79. The first-order valence-corrected chi connectivity index (χ1v) is 12.9. The monoisotopic (exact) mass is 423 g/mol. The van der Waals surface area contributed by atoms with E-state index in [1.54, 1.807) is 5.29 Å². The molecule has 0 amide bonds. The maximum Gasteiger partial charge on any atom is 0.172 e. The molecule has 2 aromatic carbocycles. The van der Waals surface area contributed by atoms with E-state index in [2.05, 4.69) is 126 Å². The molecule has 162 valence electrons. The second-order valence-corrected chi connectivity index (χ2v) is 11.8. The summed E-state index contributed by atoms with van der Waals surface area (Å²) in [5, 5.41) is 4.68. The predicted octanol–water partition coefficient (Wildman–Crippen LogP) is 5.28. The molecule has 1 fully saturated rings. The van der Waals surface area contributed by atoms with Gasteiger partial charge in [-0.05, 0) is 79.7 Å². The molecule has 2 atom stereocenters. The Morgan fingerprint density at radius 3 is 1.10 bits per heavy atom. The predicted molar refractivity (Wildman–Crippen MR) is 136 cm³/mol. The highest BCUT2D eigenvalue weighted by molar-refractivity contribution is 7.74. The number of hydrogen-bond acceptors (Lipinski definition) is 2. The van der Waals surface area contributed by atoms with Gasteiger partial charge in [0, 0.05) is 24.2 Å². The highest BCUT2D eigenvalue weighted by atomic mass is 31.1. The Balaban J connectivity index is 2.25. The highest BCUT2D eigenvalue weighted by Gasteiger charge is 2.62. The standard InChI is InChI=1S/C27H40N2P/c1-19(2)28(20(3)4)25-26(29(21(5)6)22(7)8)27(25)30(23-15-11-9-12-16-23)24-17-13-10-14-18-24/h9-22,25-26H,1-8H3/q+1. The van der Waals surface area contributed by atoms with Crippen LogP contribution >= 0.6 is 7.55 Å². The van der Waals surface area contributed by atoms with Crippen LogP contribution in [0.15, 0.2) is 60.7 Å². The number of benzene rings is 2. The molecule has 0 heterocycles. The summed E-state index contributed by atoms with van der Waals surface area (Å²) in [5.41, 5.74) is 0. The van der Waals surface area contributed by atoms with Crippen molar-refractivity contribution in [2.75, 3.05) is 0 Å². The highest BCUT2D eigenvalue weighted by Crippen LogP contribution is 2.44. The van der Waals surface area contributed by atoms with E-state index < -0.39 is 7.55 Å². The van der Waals surface area contributed by atoms with Gasteiger partial charge in [-0.1, -0.05) is 36.4 Å². The van der Waals surface area contributed by atoms with E-state index >= 15 is 0 Å². The summed E-state index contributed by atoms with van der Waals surface area (Å²) in [5.74, 6) is 0. The molecule has 30 heavy (non-hydrogen) atoms. The summed E-state index contributed by atoms with van der Waals surface area (Å²) in [6, 6.07) is 25.6. The molecule has 3 heteroatoms. The molecule has 1 aliphatic rings. The summed E-state index contributed by atoms with van der Waals surface area (Å²) in [7, 11) is -0.508. The van der Waals surface area contributed by atoms with Crippen molar-refractivity contribution in [3.8, 4) is 0 Å². The van der Waals surface area contributed by atoms with Crippen LogP contribution < -0.4 is 10.6 Å².